The van der Waals surface area contributed by atoms with Gasteiger partial charge in [0.2, 0.25) is 0 Å². The lowest BCUT2D eigenvalue weighted by Crippen LogP contribution is -2.03. The molecule has 0 aliphatic heterocycles. The molecule has 0 amide bonds. The van der Waals surface area contributed by atoms with E-state index in [0.29, 0.717) is 12.5 Å². The highest BCUT2D eigenvalue weighted by atomic mass is 16.3. The molecule has 21 heavy (non-hydrogen) atoms. The Morgan fingerprint density at radius 2 is 0.952 bits per heavy atom. The van der Waals surface area contributed by atoms with E-state index >= 15 is 0 Å². The van der Waals surface area contributed by atoms with Crippen LogP contribution >= 0.6 is 0 Å². The largest absolute Gasteiger partial charge is 0.396 e. The summed E-state index contributed by atoms with van der Waals surface area (Å²) in [5.74, 6) is 0.560. The van der Waals surface area contributed by atoms with E-state index in [1.165, 1.54) is 83.5 Å². The highest BCUT2D eigenvalue weighted by Gasteiger charge is 2.01. The smallest absolute Gasteiger partial charge is 0.0459 e. The highest BCUT2D eigenvalue weighted by Crippen LogP contribution is 2.11. The summed E-state index contributed by atoms with van der Waals surface area (Å²) in [6.07, 6.45) is 19.3. The molecule has 1 N–H and O–H groups in total. The maximum atomic E-state index is 8.75. The Bertz CT molecular complexity index is 142. The van der Waals surface area contributed by atoms with Crippen LogP contribution in [0, 0.1) is 5.92 Å². The molecule has 0 radical (unpaired) electrons. The lowest BCUT2D eigenvalue weighted by Gasteiger charge is -2.08. The van der Waals surface area contributed by atoms with E-state index < -0.39 is 0 Å². The zero-order chi connectivity index (χ0) is 16.2. The van der Waals surface area contributed by atoms with Gasteiger partial charge in [-0.3, -0.25) is 0 Å². The lowest BCUT2D eigenvalue weighted by atomic mass is 10.0. The number of aliphatic hydroxyl groups is 1. The Morgan fingerprint density at radius 1 is 0.571 bits per heavy atom. The van der Waals surface area contributed by atoms with Crippen LogP contribution in [-0.4, -0.2) is 11.7 Å². The Kier molecular flexibility index (Phi) is 24.6. The minimum atomic E-state index is 0.372. The van der Waals surface area contributed by atoms with Crippen molar-refractivity contribution in [2.24, 2.45) is 5.92 Å². The van der Waals surface area contributed by atoms with Crippen molar-refractivity contribution in [3.63, 3.8) is 0 Å². The molecule has 0 saturated carbocycles. The van der Waals surface area contributed by atoms with Gasteiger partial charge in [0.15, 0.2) is 0 Å². The van der Waals surface area contributed by atoms with Gasteiger partial charge >= 0.3 is 0 Å². The van der Waals surface area contributed by atoms with Crippen molar-refractivity contribution in [2.75, 3.05) is 6.61 Å². The zero-order valence-electron chi connectivity index (χ0n) is 15.6. The van der Waals surface area contributed by atoms with Crippen molar-refractivity contribution in [3.8, 4) is 0 Å². The van der Waals surface area contributed by atoms with Crippen LogP contribution in [0.25, 0.3) is 0 Å². The molecular formula is C20H44O. The third-order valence-electron chi connectivity index (χ3n) is 4.26. The molecule has 0 aromatic rings. The van der Waals surface area contributed by atoms with E-state index in [1.807, 2.05) is 0 Å². The van der Waals surface area contributed by atoms with Gasteiger partial charge in [-0.2, -0.15) is 0 Å². The number of aliphatic hydroxyl groups excluding tert-OH is 1. The van der Waals surface area contributed by atoms with E-state index in [1.54, 1.807) is 0 Å². The lowest BCUT2D eigenvalue weighted by molar-refractivity contribution is 0.212. The standard InChI is InChI=1S/C12H26.C8H18O/c1-3-5-7-9-11-12-10-8-6-4-2;1-3-5-6-8(4-2)7-9/h3-12H2,1-2H3;8-9H,3-7H2,1-2H3. The number of unbranched alkanes of at least 4 members (excludes halogenated alkanes) is 10. The first kappa shape index (κ1) is 23.2. The topological polar surface area (TPSA) is 20.2 Å². The first-order valence-corrected chi connectivity index (χ1v) is 9.87. The number of rotatable bonds is 14. The third-order valence-corrected chi connectivity index (χ3v) is 4.26. The van der Waals surface area contributed by atoms with Gasteiger partial charge in [-0.25, -0.2) is 0 Å². The normalized spacial score (nSPS) is 11.9. The van der Waals surface area contributed by atoms with Crippen LogP contribution in [0.3, 0.4) is 0 Å². The molecule has 0 rings (SSSR count). The fraction of sp³-hybridized carbons (Fsp3) is 1.00. The Balaban J connectivity index is 0. The summed E-state index contributed by atoms with van der Waals surface area (Å²) in [5.41, 5.74) is 0. The first-order chi connectivity index (χ1) is 10.3. The molecule has 1 nitrogen and oxygen atoms in total. The van der Waals surface area contributed by atoms with Crippen LogP contribution < -0.4 is 0 Å². The second-order valence-electron chi connectivity index (χ2n) is 6.43. The van der Waals surface area contributed by atoms with Crippen molar-refractivity contribution >= 4 is 0 Å². The van der Waals surface area contributed by atoms with Crippen molar-refractivity contribution < 1.29 is 5.11 Å². The maximum Gasteiger partial charge on any atom is 0.0459 e. The van der Waals surface area contributed by atoms with Crippen LogP contribution in [0.15, 0.2) is 0 Å². The van der Waals surface area contributed by atoms with Crippen LogP contribution in [-0.2, 0) is 0 Å². The second-order valence-corrected chi connectivity index (χ2v) is 6.43. The summed E-state index contributed by atoms with van der Waals surface area (Å²) in [6, 6.07) is 0. The molecule has 0 bridgehead atoms. The van der Waals surface area contributed by atoms with Crippen molar-refractivity contribution in [1.29, 1.82) is 0 Å². The predicted octanol–water partition coefficient (Wildman–Crippen LogP) is 7.12. The van der Waals surface area contributed by atoms with Gasteiger partial charge in [-0.1, -0.05) is 111 Å². The highest BCUT2D eigenvalue weighted by molar-refractivity contribution is 4.53. The van der Waals surface area contributed by atoms with Crippen LogP contribution in [0.2, 0.25) is 0 Å². The SMILES string of the molecule is CCCCC(CC)CO.CCCCCCCCCCCC. The van der Waals surface area contributed by atoms with Gasteiger partial charge in [0.05, 0.1) is 0 Å². The molecule has 130 valence electrons. The Hall–Kier alpha value is -0.0400. The monoisotopic (exact) mass is 300 g/mol. The van der Waals surface area contributed by atoms with Crippen molar-refractivity contribution in [1.82, 2.24) is 0 Å². The molecule has 0 fully saturated rings. The fourth-order valence-corrected chi connectivity index (χ4v) is 2.48. The zero-order valence-corrected chi connectivity index (χ0v) is 15.6. The molecule has 1 heteroatoms. The van der Waals surface area contributed by atoms with Crippen molar-refractivity contribution in [2.45, 2.75) is 118 Å². The molecule has 0 saturated heterocycles. The second kappa shape index (κ2) is 22.2. The molecule has 0 heterocycles. The third kappa shape index (κ3) is 22.4. The minimum Gasteiger partial charge on any atom is -0.396 e. The molecule has 0 aromatic heterocycles. The summed E-state index contributed by atoms with van der Waals surface area (Å²) >= 11 is 0. The first-order valence-electron chi connectivity index (χ1n) is 9.87. The molecule has 0 aliphatic rings. The van der Waals surface area contributed by atoms with E-state index in [0.717, 1.165) is 6.42 Å². The Labute approximate surface area is 135 Å². The van der Waals surface area contributed by atoms with Gasteiger partial charge in [-0.15, -0.1) is 0 Å². The minimum absolute atomic E-state index is 0.372. The van der Waals surface area contributed by atoms with Gasteiger partial charge in [0.25, 0.3) is 0 Å². The fourth-order valence-electron chi connectivity index (χ4n) is 2.48. The average molecular weight is 301 g/mol. The van der Waals surface area contributed by atoms with Crippen LogP contribution in [0.1, 0.15) is 118 Å². The molecule has 0 aliphatic carbocycles. The van der Waals surface area contributed by atoms with Crippen LogP contribution in [0.4, 0.5) is 0 Å². The molecule has 0 aromatic carbocycles. The molecule has 0 spiro atoms. The number of hydrogen-bond donors (Lipinski definition) is 1. The van der Waals surface area contributed by atoms with Gasteiger partial charge < -0.3 is 5.11 Å². The average Bonchev–Trinajstić information content (AvgIpc) is 2.52. The summed E-state index contributed by atoms with van der Waals surface area (Å²) in [7, 11) is 0. The van der Waals surface area contributed by atoms with Gasteiger partial charge in [0.1, 0.15) is 0 Å². The van der Waals surface area contributed by atoms with Crippen LogP contribution in [0.5, 0.6) is 0 Å². The summed E-state index contributed by atoms with van der Waals surface area (Å²) in [6.45, 7) is 9.25. The quantitative estimate of drug-likeness (QED) is 0.338. The predicted molar refractivity (Wildman–Crippen MR) is 97.9 cm³/mol. The molecular weight excluding hydrogens is 256 g/mol. The van der Waals surface area contributed by atoms with Gasteiger partial charge in [0, 0.05) is 6.61 Å². The summed E-state index contributed by atoms with van der Waals surface area (Å²) in [4.78, 5) is 0. The molecule has 1 atom stereocenters. The van der Waals surface area contributed by atoms with E-state index in [2.05, 4.69) is 27.7 Å². The van der Waals surface area contributed by atoms with E-state index in [4.69, 9.17) is 5.11 Å². The number of hydrogen-bond acceptors (Lipinski definition) is 1. The van der Waals surface area contributed by atoms with E-state index in [-0.39, 0.29) is 0 Å². The Morgan fingerprint density at radius 3 is 1.24 bits per heavy atom. The van der Waals surface area contributed by atoms with Crippen molar-refractivity contribution in [3.05, 3.63) is 0 Å². The maximum absolute atomic E-state index is 8.75. The summed E-state index contributed by atoms with van der Waals surface area (Å²) < 4.78 is 0. The summed E-state index contributed by atoms with van der Waals surface area (Å²) in [5, 5.41) is 8.75. The van der Waals surface area contributed by atoms with E-state index in [9.17, 15) is 0 Å². The molecule has 1 unspecified atom stereocenters. The van der Waals surface area contributed by atoms with Gasteiger partial charge in [-0.05, 0) is 12.3 Å².